The Morgan fingerprint density at radius 2 is 2.00 bits per heavy atom. The van der Waals surface area contributed by atoms with Gasteiger partial charge in [-0.1, -0.05) is 18.2 Å². The molecule has 3 aromatic rings. The van der Waals surface area contributed by atoms with Gasteiger partial charge in [-0.05, 0) is 12.1 Å². The highest BCUT2D eigenvalue weighted by Crippen LogP contribution is 2.19. The molecule has 3 rings (SSSR count). The number of hydrogen-bond acceptors (Lipinski definition) is 3. The van der Waals surface area contributed by atoms with Crippen LogP contribution in [0.15, 0.2) is 41.7 Å². The molecular weight excluding hydrogens is 194 g/mol. The fourth-order valence-corrected chi connectivity index (χ4v) is 1.88. The van der Waals surface area contributed by atoms with E-state index in [-0.39, 0.29) is 0 Å². The van der Waals surface area contributed by atoms with Crippen molar-refractivity contribution in [3.63, 3.8) is 0 Å². The molecule has 0 fully saturated rings. The average molecular weight is 201 g/mol. The minimum absolute atomic E-state index is 0.615. The Morgan fingerprint density at radius 1 is 1.14 bits per heavy atom. The number of fused-ring (bicyclic) bond motifs is 3. The summed E-state index contributed by atoms with van der Waals surface area (Å²) >= 11 is 4.28. The van der Waals surface area contributed by atoms with Crippen molar-refractivity contribution in [3.8, 4) is 0 Å². The van der Waals surface area contributed by atoms with Crippen molar-refractivity contribution in [2.45, 2.75) is 5.16 Å². The van der Waals surface area contributed by atoms with Crippen molar-refractivity contribution in [3.05, 3.63) is 36.5 Å². The van der Waals surface area contributed by atoms with E-state index in [2.05, 4.69) is 22.7 Å². The molecule has 1 aromatic carbocycles. The molecule has 0 aliphatic heterocycles. The maximum Gasteiger partial charge on any atom is 0.186 e. The van der Waals surface area contributed by atoms with Gasteiger partial charge in [-0.15, -0.1) is 12.6 Å². The van der Waals surface area contributed by atoms with Gasteiger partial charge >= 0.3 is 0 Å². The van der Waals surface area contributed by atoms with E-state index in [1.165, 1.54) is 0 Å². The highest BCUT2D eigenvalue weighted by molar-refractivity contribution is 7.80. The van der Waals surface area contributed by atoms with Gasteiger partial charge in [0.05, 0.1) is 17.2 Å². The van der Waals surface area contributed by atoms with Crippen LogP contribution in [0.25, 0.3) is 16.4 Å². The second-order valence-electron chi connectivity index (χ2n) is 3.06. The van der Waals surface area contributed by atoms with Gasteiger partial charge in [0.1, 0.15) is 0 Å². The van der Waals surface area contributed by atoms with Gasteiger partial charge in [-0.3, -0.25) is 0 Å². The highest BCUT2D eigenvalue weighted by Gasteiger charge is 2.04. The Kier molecular flexibility index (Phi) is 1.52. The Morgan fingerprint density at radius 3 is 2.93 bits per heavy atom. The molecule has 0 amide bonds. The van der Waals surface area contributed by atoms with Crippen LogP contribution in [0.1, 0.15) is 0 Å². The molecule has 3 nitrogen and oxygen atoms in total. The molecule has 2 heterocycles. The Hall–Kier alpha value is -1.55. The fraction of sp³-hybridized carbons (Fsp3) is 0. The maximum absolute atomic E-state index is 4.34. The molecule has 0 saturated heterocycles. The zero-order valence-electron chi connectivity index (χ0n) is 7.25. The molecule has 0 saturated carbocycles. The van der Waals surface area contributed by atoms with E-state index in [4.69, 9.17) is 0 Å². The van der Waals surface area contributed by atoms with Gasteiger partial charge in [0.15, 0.2) is 5.16 Å². The lowest BCUT2D eigenvalue weighted by atomic mass is 10.2. The van der Waals surface area contributed by atoms with E-state index in [1.54, 1.807) is 10.7 Å². The number of benzene rings is 1. The molecule has 14 heavy (non-hydrogen) atoms. The molecule has 0 spiro atoms. The van der Waals surface area contributed by atoms with Crippen LogP contribution in [0.5, 0.6) is 0 Å². The standard InChI is InChI=1S/C10H7N3S/c14-10-12-8-4-2-1-3-7(8)9-5-6-11-13(9)10/h1-6H,(H,12,14). The van der Waals surface area contributed by atoms with Crippen molar-refractivity contribution < 1.29 is 0 Å². The van der Waals surface area contributed by atoms with Gasteiger partial charge in [0.2, 0.25) is 0 Å². The minimum Gasteiger partial charge on any atom is -0.223 e. The summed E-state index contributed by atoms with van der Waals surface area (Å²) in [7, 11) is 0. The second-order valence-corrected chi connectivity index (χ2v) is 3.46. The number of para-hydroxylation sites is 1. The summed E-state index contributed by atoms with van der Waals surface area (Å²) in [6.45, 7) is 0. The Bertz CT molecular complexity index is 615. The first-order chi connectivity index (χ1) is 6.86. The molecule has 68 valence electrons. The van der Waals surface area contributed by atoms with Crippen molar-refractivity contribution in [2.75, 3.05) is 0 Å². The van der Waals surface area contributed by atoms with Crippen LogP contribution < -0.4 is 0 Å². The van der Waals surface area contributed by atoms with E-state index in [0.717, 1.165) is 16.4 Å². The third-order valence-electron chi connectivity index (χ3n) is 2.23. The summed E-state index contributed by atoms with van der Waals surface area (Å²) in [6, 6.07) is 9.93. The SMILES string of the molecule is Sc1nc2ccccc2c2ccnn12. The quantitative estimate of drug-likeness (QED) is 0.446. The molecular formula is C10H7N3S. The predicted octanol–water partition coefficient (Wildman–Crippen LogP) is 2.17. The van der Waals surface area contributed by atoms with Crippen LogP contribution in [0.4, 0.5) is 0 Å². The molecule has 0 bridgehead atoms. The van der Waals surface area contributed by atoms with Crippen LogP contribution >= 0.6 is 12.6 Å². The van der Waals surface area contributed by atoms with Gasteiger partial charge in [-0.2, -0.15) is 5.10 Å². The van der Waals surface area contributed by atoms with Gasteiger partial charge in [0.25, 0.3) is 0 Å². The molecule has 0 aliphatic carbocycles. The van der Waals surface area contributed by atoms with E-state index in [0.29, 0.717) is 5.16 Å². The van der Waals surface area contributed by atoms with Crippen LogP contribution in [-0.2, 0) is 0 Å². The normalized spacial score (nSPS) is 11.2. The van der Waals surface area contributed by atoms with Crippen LogP contribution in [0, 0.1) is 0 Å². The lowest BCUT2D eigenvalue weighted by Crippen LogP contribution is -1.94. The lowest BCUT2D eigenvalue weighted by Gasteiger charge is -2.01. The maximum atomic E-state index is 4.34. The zero-order chi connectivity index (χ0) is 9.54. The van der Waals surface area contributed by atoms with Gasteiger partial charge in [0, 0.05) is 5.39 Å². The molecule has 0 radical (unpaired) electrons. The van der Waals surface area contributed by atoms with Crippen molar-refractivity contribution in [1.82, 2.24) is 14.6 Å². The van der Waals surface area contributed by atoms with E-state index in [1.807, 2.05) is 30.3 Å². The first-order valence-corrected chi connectivity index (χ1v) is 4.72. The van der Waals surface area contributed by atoms with E-state index in [9.17, 15) is 0 Å². The predicted molar refractivity (Wildman–Crippen MR) is 57.7 cm³/mol. The lowest BCUT2D eigenvalue weighted by molar-refractivity contribution is 0.813. The molecule has 2 aromatic heterocycles. The molecule has 0 atom stereocenters. The number of nitrogens with zero attached hydrogens (tertiary/aromatic N) is 3. The summed E-state index contributed by atoms with van der Waals surface area (Å²) in [5, 5.41) is 5.86. The molecule has 4 heteroatoms. The number of thiol groups is 1. The fourth-order valence-electron chi connectivity index (χ4n) is 1.61. The Balaban J connectivity index is 2.66. The van der Waals surface area contributed by atoms with Crippen LogP contribution in [0.2, 0.25) is 0 Å². The molecule has 0 unspecified atom stereocenters. The summed E-state index contributed by atoms with van der Waals surface area (Å²) in [4.78, 5) is 4.34. The van der Waals surface area contributed by atoms with Crippen molar-refractivity contribution in [1.29, 1.82) is 0 Å². The van der Waals surface area contributed by atoms with Crippen LogP contribution in [-0.4, -0.2) is 14.6 Å². The summed E-state index contributed by atoms with van der Waals surface area (Å²) < 4.78 is 1.73. The molecule has 0 aliphatic rings. The first kappa shape index (κ1) is 7.82. The smallest absolute Gasteiger partial charge is 0.186 e. The highest BCUT2D eigenvalue weighted by atomic mass is 32.1. The van der Waals surface area contributed by atoms with Crippen molar-refractivity contribution >= 4 is 29.0 Å². The number of hydrogen-bond donors (Lipinski definition) is 1. The van der Waals surface area contributed by atoms with Gasteiger partial charge < -0.3 is 0 Å². The monoisotopic (exact) mass is 201 g/mol. The van der Waals surface area contributed by atoms with Gasteiger partial charge in [-0.25, -0.2) is 9.50 Å². The van der Waals surface area contributed by atoms with Crippen LogP contribution in [0.3, 0.4) is 0 Å². The largest absolute Gasteiger partial charge is 0.223 e. The Labute approximate surface area is 85.8 Å². The summed E-state index contributed by atoms with van der Waals surface area (Å²) in [5.41, 5.74) is 1.99. The molecule has 0 N–H and O–H groups in total. The summed E-state index contributed by atoms with van der Waals surface area (Å²) in [6.07, 6.45) is 1.75. The topological polar surface area (TPSA) is 30.2 Å². The third-order valence-corrected chi connectivity index (χ3v) is 2.52. The minimum atomic E-state index is 0.615. The average Bonchev–Trinajstić information content (AvgIpc) is 2.67. The number of aromatic nitrogens is 3. The van der Waals surface area contributed by atoms with Crippen molar-refractivity contribution in [2.24, 2.45) is 0 Å². The van der Waals surface area contributed by atoms with E-state index >= 15 is 0 Å². The van der Waals surface area contributed by atoms with E-state index < -0.39 is 0 Å². The number of rotatable bonds is 0. The second kappa shape index (κ2) is 2.72. The first-order valence-electron chi connectivity index (χ1n) is 4.28. The zero-order valence-corrected chi connectivity index (χ0v) is 8.15. The third kappa shape index (κ3) is 0.943. The summed E-state index contributed by atoms with van der Waals surface area (Å²) in [5.74, 6) is 0.